The van der Waals surface area contributed by atoms with E-state index in [1.807, 2.05) is 6.92 Å². The van der Waals surface area contributed by atoms with Gasteiger partial charge in [0.15, 0.2) is 14.6 Å². The molecule has 0 aromatic carbocycles. The van der Waals surface area contributed by atoms with Gasteiger partial charge in [-0.1, -0.05) is 33.6 Å². The van der Waals surface area contributed by atoms with Crippen molar-refractivity contribution in [1.82, 2.24) is 0 Å². The molecule has 1 N–H and O–H groups in total. The maximum absolute atomic E-state index is 12.1. The van der Waals surface area contributed by atoms with Crippen molar-refractivity contribution in [3.63, 3.8) is 0 Å². The molecule has 0 aliphatic rings. The fourth-order valence-corrected chi connectivity index (χ4v) is 3.98. The van der Waals surface area contributed by atoms with Crippen molar-refractivity contribution in [2.24, 2.45) is 0 Å². The molecule has 0 amide bonds. The predicted octanol–water partition coefficient (Wildman–Crippen LogP) is 2.23. The maximum atomic E-state index is 12.1. The molecular formula is C11H22O4S. The van der Waals surface area contributed by atoms with Crippen LogP contribution in [0.5, 0.6) is 0 Å². The first-order valence-corrected chi connectivity index (χ1v) is 7.48. The number of carboxylic acid groups (broad SMARTS) is 1. The number of unbranched alkanes of at least 4 members (excludes halogenated alkanes) is 2. The van der Waals surface area contributed by atoms with Crippen LogP contribution in [0.2, 0.25) is 0 Å². The van der Waals surface area contributed by atoms with Gasteiger partial charge in [0.05, 0.1) is 5.75 Å². The molecule has 0 unspecified atom stereocenters. The third-order valence-electron chi connectivity index (χ3n) is 3.14. The lowest BCUT2D eigenvalue weighted by molar-refractivity contribution is -0.140. The quantitative estimate of drug-likeness (QED) is 0.671. The number of hydrogen-bond acceptors (Lipinski definition) is 3. The molecule has 96 valence electrons. The van der Waals surface area contributed by atoms with Gasteiger partial charge in [0.25, 0.3) is 0 Å². The molecule has 0 aromatic heterocycles. The zero-order valence-electron chi connectivity index (χ0n) is 10.3. The molecule has 0 aromatic rings. The number of hydrogen-bond donors (Lipinski definition) is 1. The van der Waals surface area contributed by atoms with E-state index in [2.05, 4.69) is 0 Å². The monoisotopic (exact) mass is 250 g/mol. The van der Waals surface area contributed by atoms with Crippen molar-refractivity contribution in [2.45, 2.75) is 57.6 Å². The van der Waals surface area contributed by atoms with E-state index in [4.69, 9.17) is 5.11 Å². The van der Waals surface area contributed by atoms with Crippen LogP contribution in [0.15, 0.2) is 0 Å². The molecule has 16 heavy (non-hydrogen) atoms. The summed E-state index contributed by atoms with van der Waals surface area (Å²) in [6, 6.07) is 0. The van der Waals surface area contributed by atoms with Gasteiger partial charge in [0, 0.05) is 0 Å². The van der Waals surface area contributed by atoms with Gasteiger partial charge < -0.3 is 5.11 Å². The van der Waals surface area contributed by atoms with Crippen LogP contribution in [0.4, 0.5) is 0 Å². The van der Waals surface area contributed by atoms with Crippen molar-refractivity contribution in [3.05, 3.63) is 0 Å². The van der Waals surface area contributed by atoms with Crippen LogP contribution in [-0.4, -0.2) is 30.0 Å². The van der Waals surface area contributed by atoms with E-state index in [0.29, 0.717) is 6.42 Å². The van der Waals surface area contributed by atoms with Gasteiger partial charge in [0.1, 0.15) is 0 Å². The molecular weight excluding hydrogens is 228 g/mol. The van der Waals surface area contributed by atoms with Crippen LogP contribution in [0.25, 0.3) is 0 Å². The van der Waals surface area contributed by atoms with Gasteiger partial charge in [-0.15, -0.1) is 0 Å². The van der Waals surface area contributed by atoms with Gasteiger partial charge in [-0.2, -0.15) is 0 Å². The summed E-state index contributed by atoms with van der Waals surface area (Å²) in [5.74, 6) is -1.23. The summed E-state index contributed by atoms with van der Waals surface area (Å²) < 4.78 is 22.5. The third-order valence-corrected chi connectivity index (χ3v) is 5.91. The zero-order valence-corrected chi connectivity index (χ0v) is 11.1. The van der Waals surface area contributed by atoms with E-state index in [1.165, 1.54) is 0 Å². The van der Waals surface area contributed by atoms with E-state index in [1.54, 1.807) is 13.8 Å². The molecule has 0 aliphatic carbocycles. The summed E-state index contributed by atoms with van der Waals surface area (Å²) in [4.78, 5) is 11.2. The number of rotatable bonds is 8. The topological polar surface area (TPSA) is 71.4 Å². The minimum absolute atomic E-state index is 0.0190. The first kappa shape index (κ1) is 15.4. The second-order valence-corrected chi connectivity index (χ2v) is 6.45. The second kappa shape index (κ2) is 6.23. The van der Waals surface area contributed by atoms with E-state index in [-0.39, 0.29) is 18.6 Å². The third kappa shape index (κ3) is 2.97. The lowest BCUT2D eigenvalue weighted by atomic mass is 10.0. The van der Waals surface area contributed by atoms with Crippen LogP contribution < -0.4 is 0 Å². The standard InChI is InChI=1S/C11H22O4S/c1-4-7-8-9-16(14,15)11(5-2,6-3)10(12)13/h4-9H2,1-3H3,(H,12,13). The van der Waals surface area contributed by atoms with Crippen molar-refractivity contribution in [3.8, 4) is 0 Å². The summed E-state index contributed by atoms with van der Waals surface area (Å²) in [6.45, 7) is 5.22. The Balaban J connectivity index is 4.98. The number of sulfone groups is 1. The van der Waals surface area contributed by atoms with Gasteiger partial charge >= 0.3 is 5.97 Å². The summed E-state index contributed by atoms with van der Waals surface area (Å²) in [6.07, 6.45) is 2.56. The van der Waals surface area contributed by atoms with Gasteiger partial charge in [-0.05, 0) is 19.3 Å². The Kier molecular flexibility index (Phi) is 6.00. The minimum Gasteiger partial charge on any atom is -0.480 e. The summed E-state index contributed by atoms with van der Waals surface area (Å²) in [5.41, 5.74) is 0. The Labute approximate surface area is 98.0 Å². The molecule has 0 atom stereocenters. The average molecular weight is 250 g/mol. The zero-order chi connectivity index (χ0) is 12.8. The molecule has 0 radical (unpaired) electrons. The number of carbonyl (C=O) groups is 1. The molecule has 0 rings (SSSR count). The van der Waals surface area contributed by atoms with Gasteiger partial charge in [-0.3, -0.25) is 4.79 Å². The summed E-state index contributed by atoms with van der Waals surface area (Å²) in [7, 11) is -3.56. The van der Waals surface area contributed by atoms with E-state index >= 15 is 0 Å². The molecule has 4 nitrogen and oxygen atoms in total. The Hall–Kier alpha value is -0.580. The van der Waals surface area contributed by atoms with E-state index in [0.717, 1.165) is 12.8 Å². The molecule has 0 heterocycles. The maximum Gasteiger partial charge on any atom is 0.325 e. The first-order chi connectivity index (χ1) is 7.38. The summed E-state index contributed by atoms with van der Waals surface area (Å²) >= 11 is 0. The Morgan fingerprint density at radius 3 is 1.94 bits per heavy atom. The summed E-state index contributed by atoms with van der Waals surface area (Å²) in [5, 5.41) is 9.14. The Morgan fingerprint density at radius 1 is 1.12 bits per heavy atom. The SMILES string of the molecule is CCCCCS(=O)(=O)C(CC)(CC)C(=O)O. The van der Waals surface area contributed by atoms with E-state index in [9.17, 15) is 13.2 Å². The number of carboxylic acids is 1. The van der Waals surface area contributed by atoms with Crippen molar-refractivity contribution in [1.29, 1.82) is 0 Å². The van der Waals surface area contributed by atoms with Crippen LogP contribution in [0, 0.1) is 0 Å². The highest BCUT2D eigenvalue weighted by molar-refractivity contribution is 7.93. The lowest BCUT2D eigenvalue weighted by Crippen LogP contribution is -2.46. The fourth-order valence-electron chi connectivity index (χ4n) is 1.86. The molecule has 0 bridgehead atoms. The van der Waals surface area contributed by atoms with Crippen LogP contribution in [0.3, 0.4) is 0 Å². The van der Waals surface area contributed by atoms with Crippen LogP contribution in [0.1, 0.15) is 52.9 Å². The normalized spacial score (nSPS) is 12.7. The van der Waals surface area contributed by atoms with Gasteiger partial charge in [0.2, 0.25) is 0 Å². The number of aliphatic carboxylic acids is 1. The second-order valence-electron chi connectivity index (χ2n) is 4.03. The molecule has 0 saturated heterocycles. The lowest BCUT2D eigenvalue weighted by Gasteiger charge is -2.26. The molecule has 5 heteroatoms. The van der Waals surface area contributed by atoms with Crippen LogP contribution >= 0.6 is 0 Å². The van der Waals surface area contributed by atoms with Crippen LogP contribution in [-0.2, 0) is 14.6 Å². The Morgan fingerprint density at radius 2 is 1.62 bits per heavy atom. The van der Waals surface area contributed by atoms with Gasteiger partial charge in [-0.25, -0.2) is 8.42 Å². The minimum atomic E-state index is -3.56. The first-order valence-electron chi connectivity index (χ1n) is 5.83. The Bertz CT molecular complexity index is 315. The predicted molar refractivity (Wildman–Crippen MR) is 64.3 cm³/mol. The molecule has 0 aliphatic heterocycles. The highest BCUT2D eigenvalue weighted by Gasteiger charge is 2.47. The van der Waals surface area contributed by atoms with Crippen molar-refractivity contribution < 1.29 is 18.3 Å². The highest BCUT2D eigenvalue weighted by atomic mass is 32.2. The van der Waals surface area contributed by atoms with Crippen molar-refractivity contribution >= 4 is 15.8 Å². The molecule has 0 spiro atoms. The highest BCUT2D eigenvalue weighted by Crippen LogP contribution is 2.28. The largest absolute Gasteiger partial charge is 0.480 e. The molecule has 0 saturated carbocycles. The fraction of sp³-hybridized carbons (Fsp3) is 0.909. The average Bonchev–Trinajstić information content (AvgIpc) is 2.19. The molecule has 0 fully saturated rings. The van der Waals surface area contributed by atoms with E-state index < -0.39 is 20.6 Å². The van der Waals surface area contributed by atoms with Crippen molar-refractivity contribution in [2.75, 3.05) is 5.75 Å². The smallest absolute Gasteiger partial charge is 0.325 e.